The van der Waals surface area contributed by atoms with Crippen LogP contribution in [0.25, 0.3) is 0 Å². The maximum atomic E-state index is 9.58. The number of nitriles is 2. The topological polar surface area (TPSA) is 92.2 Å². The van der Waals surface area contributed by atoms with Crippen LogP contribution in [-0.2, 0) is 0 Å². The van der Waals surface area contributed by atoms with Crippen LogP contribution in [0.1, 0.15) is 11.1 Å². The third-order valence-corrected chi connectivity index (χ3v) is 2.11. The number of phenolic OH excluding ortho intramolecular Hbond substituents is 1. The van der Waals surface area contributed by atoms with Gasteiger partial charge in [0.2, 0.25) is 5.71 Å². The third kappa shape index (κ3) is 2.49. The van der Waals surface area contributed by atoms with E-state index in [1.54, 1.807) is 24.3 Å². The highest BCUT2D eigenvalue weighted by Gasteiger charge is 2.03. The summed E-state index contributed by atoms with van der Waals surface area (Å²) in [6.07, 6.45) is 0. The third-order valence-electron chi connectivity index (χ3n) is 2.11. The van der Waals surface area contributed by atoms with E-state index in [1.165, 1.54) is 0 Å². The van der Waals surface area contributed by atoms with Crippen LogP contribution < -0.4 is 5.43 Å². The molecule has 0 aliphatic carbocycles. The number of rotatable bonds is 2. The Kier molecular flexibility index (Phi) is 3.47. The molecule has 0 aliphatic heterocycles. The summed E-state index contributed by atoms with van der Waals surface area (Å²) in [4.78, 5) is 0. The summed E-state index contributed by atoms with van der Waals surface area (Å²) in [7, 11) is 0. The maximum absolute atomic E-state index is 9.58. The lowest BCUT2D eigenvalue weighted by Gasteiger charge is -2.07. The summed E-state index contributed by atoms with van der Waals surface area (Å²) < 4.78 is 0. The zero-order valence-electron chi connectivity index (χ0n) is 8.94. The molecule has 0 spiro atoms. The number of aromatic hydroxyl groups is 1. The van der Waals surface area contributed by atoms with Crippen molar-refractivity contribution in [2.24, 2.45) is 5.10 Å². The Labute approximate surface area is 93.3 Å². The van der Waals surface area contributed by atoms with E-state index in [4.69, 9.17) is 10.5 Å². The molecule has 2 N–H and O–H groups in total. The minimum atomic E-state index is -0.294. The highest BCUT2D eigenvalue weighted by Crippen LogP contribution is 2.26. The lowest BCUT2D eigenvalue weighted by Crippen LogP contribution is -1.97. The van der Waals surface area contributed by atoms with Crippen molar-refractivity contribution in [3.63, 3.8) is 0 Å². The molecule has 5 nitrogen and oxygen atoms in total. The number of benzene rings is 1. The Hall–Kier alpha value is -2.53. The quantitative estimate of drug-likeness (QED) is 0.446. The fourth-order valence-electron chi connectivity index (χ4n) is 1.08. The zero-order chi connectivity index (χ0) is 12.1. The van der Waals surface area contributed by atoms with Gasteiger partial charge in [-0.25, -0.2) is 0 Å². The van der Waals surface area contributed by atoms with E-state index in [1.807, 2.05) is 13.8 Å². The molecule has 0 heterocycles. The molecule has 1 aromatic rings. The molecule has 1 rings (SSSR count). The molecule has 16 heavy (non-hydrogen) atoms. The van der Waals surface area contributed by atoms with E-state index in [9.17, 15) is 5.11 Å². The number of hydrazone groups is 1. The van der Waals surface area contributed by atoms with Crippen LogP contribution in [0.4, 0.5) is 5.69 Å². The number of hydrogen-bond donors (Lipinski definition) is 2. The summed E-state index contributed by atoms with van der Waals surface area (Å²) in [6, 6.07) is 6.51. The van der Waals surface area contributed by atoms with Gasteiger partial charge in [0, 0.05) is 0 Å². The fourth-order valence-corrected chi connectivity index (χ4v) is 1.08. The highest BCUT2D eigenvalue weighted by molar-refractivity contribution is 6.10. The first-order valence-electron chi connectivity index (χ1n) is 4.52. The molecule has 0 unspecified atom stereocenters. The highest BCUT2D eigenvalue weighted by atomic mass is 16.3. The molecule has 0 fully saturated rings. The fraction of sp³-hybridized carbons (Fsp3) is 0.182. The largest absolute Gasteiger partial charge is 0.506 e. The number of hydrogen-bond acceptors (Lipinski definition) is 5. The number of phenols is 1. The molecule has 0 amide bonds. The average molecular weight is 214 g/mol. The predicted molar refractivity (Wildman–Crippen MR) is 59.9 cm³/mol. The first-order valence-corrected chi connectivity index (χ1v) is 4.52. The molecule has 0 bridgehead atoms. The maximum Gasteiger partial charge on any atom is 0.237 e. The van der Waals surface area contributed by atoms with Gasteiger partial charge in [-0.05, 0) is 37.1 Å². The van der Waals surface area contributed by atoms with Gasteiger partial charge in [-0.2, -0.15) is 15.6 Å². The molecule has 0 radical (unpaired) electrons. The summed E-state index contributed by atoms with van der Waals surface area (Å²) in [5, 5.41) is 30.1. The zero-order valence-corrected chi connectivity index (χ0v) is 8.94. The number of aryl methyl sites for hydroxylation is 2. The molecule has 5 heteroatoms. The van der Waals surface area contributed by atoms with Crippen LogP contribution in [0, 0.1) is 36.5 Å². The SMILES string of the molecule is Cc1cc(O)c(NN=C(C#N)C#N)cc1C. The molecule has 0 saturated heterocycles. The van der Waals surface area contributed by atoms with Gasteiger partial charge in [0.25, 0.3) is 0 Å². The van der Waals surface area contributed by atoms with Gasteiger partial charge in [-0.1, -0.05) is 0 Å². The lowest BCUT2D eigenvalue weighted by molar-refractivity contribution is 0.476. The van der Waals surface area contributed by atoms with E-state index < -0.39 is 0 Å². The molecule has 0 aromatic heterocycles. The smallest absolute Gasteiger partial charge is 0.237 e. The van der Waals surface area contributed by atoms with Crippen LogP contribution >= 0.6 is 0 Å². The monoisotopic (exact) mass is 214 g/mol. The van der Waals surface area contributed by atoms with Crippen LogP contribution in [0.15, 0.2) is 17.2 Å². The van der Waals surface area contributed by atoms with Crippen molar-refractivity contribution in [1.82, 2.24) is 0 Å². The summed E-state index contributed by atoms with van der Waals surface area (Å²) in [5.74, 6) is 0.0297. The van der Waals surface area contributed by atoms with Gasteiger partial charge in [0.05, 0.1) is 5.69 Å². The number of anilines is 1. The minimum Gasteiger partial charge on any atom is -0.506 e. The van der Waals surface area contributed by atoms with Gasteiger partial charge < -0.3 is 5.11 Å². The standard InChI is InChI=1S/C11H10N4O/c1-7-3-10(11(16)4-8(7)2)15-14-9(5-12)6-13/h3-4,15-16H,1-2H3. The molecule has 0 saturated carbocycles. The van der Waals surface area contributed by atoms with E-state index >= 15 is 0 Å². The Morgan fingerprint density at radius 3 is 2.38 bits per heavy atom. The van der Waals surface area contributed by atoms with E-state index in [0.717, 1.165) is 11.1 Å². The molecule has 80 valence electrons. The Morgan fingerprint density at radius 2 is 1.81 bits per heavy atom. The van der Waals surface area contributed by atoms with Crippen molar-refractivity contribution in [2.75, 3.05) is 5.43 Å². The summed E-state index contributed by atoms with van der Waals surface area (Å²) in [5.41, 5.74) is 4.48. The second-order valence-corrected chi connectivity index (χ2v) is 3.25. The van der Waals surface area contributed by atoms with Gasteiger partial charge in [0.1, 0.15) is 17.9 Å². The predicted octanol–water partition coefficient (Wildman–Crippen LogP) is 1.82. The van der Waals surface area contributed by atoms with Crippen molar-refractivity contribution in [3.8, 4) is 17.9 Å². The van der Waals surface area contributed by atoms with Crippen molar-refractivity contribution in [2.45, 2.75) is 13.8 Å². The Bertz CT molecular complexity index is 504. The second-order valence-electron chi connectivity index (χ2n) is 3.25. The molecule has 0 atom stereocenters. The summed E-state index contributed by atoms with van der Waals surface area (Å²) in [6.45, 7) is 3.76. The van der Waals surface area contributed by atoms with Gasteiger partial charge in [-0.3, -0.25) is 5.43 Å². The van der Waals surface area contributed by atoms with Crippen molar-refractivity contribution < 1.29 is 5.11 Å². The number of nitrogens with one attached hydrogen (secondary N) is 1. The molecule has 1 aromatic carbocycles. The molecule has 0 aliphatic rings. The molecular formula is C11H10N4O. The lowest BCUT2D eigenvalue weighted by atomic mass is 10.1. The van der Waals surface area contributed by atoms with Gasteiger partial charge in [0.15, 0.2) is 0 Å². The van der Waals surface area contributed by atoms with Crippen LogP contribution in [0.5, 0.6) is 5.75 Å². The number of nitrogens with zero attached hydrogens (tertiary/aromatic N) is 3. The van der Waals surface area contributed by atoms with E-state index in [2.05, 4.69) is 10.5 Å². The summed E-state index contributed by atoms with van der Waals surface area (Å²) >= 11 is 0. The van der Waals surface area contributed by atoms with Crippen LogP contribution in [0.2, 0.25) is 0 Å². The van der Waals surface area contributed by atoms with Crippen molar-refractivity contribution in [3.05, 3.63) is 23.3 Å². The van der Waals surface area contributed by atoms with Crippen LogP contribution in [-0.4, -0.2) is 10.8 Å². The first kappa shape index (κ1) is 11.5. The van der Waals surface area contributed by atoms with Crippen LogP contribution in [0.3, 0.4) is 0 Å². The van der Waals surface area contributed by atoms with Gasteiger partial charge in [-0.15, -0.1) is 0 Å². The Morgan fingerprint density at radius 1 is 1.25 bits per heavy atom. The van der Waals surface area contributed by atoms with E-state index in [0.29, 0.717) is 5.69 Å². The Balaban J connectivity index is 3.01. The van der Waals surface area contributed by atoms with E-state index in [-0.39, 0.29) is 11.5 Å². The normalized spacial score (nSPS) is 8.75. The van der Waals surface area contributed by atoms with Gasteiger partial charge >= 0.3 is 0 Å². The van der Waals surface area contributed by atoms with Crippen molar-refractivity contribution >= 4 is 11.4 Å². The first-order chi connectivity index (χ1) is 7.58. The van der Waals surface area contributed by atoms with Crippen molar-refractivity contribution in [1.29, 1.82) is 10.5 Å². The minimum absolute atomic E-state index is 0.0297. The molecular weight excluding hydrogens is 204 g/mol. The average Bonchev–Trinajstić information content (AvgIpc) is 2.26. The second kappa shape index (κ2) is 4.81.